The Kier molecular flexibility index (Phi) is 5.29. The van der Waals surface area contributed by atoms with Crippen molar-refractivity contribution in [1.29, 1.82) is 0 Å². The molecule has 3 aromatic carbocycles. The quantitative estimate of drug-likeness (QED) is 0.299. The molecule has 5 rings (SSSR count). The largest absolute Gasteiger partial charge is 0.508 e. The van der Waals surface area contributed by atoms with Crippen LogP contribution in [0, 0.1) is 0 Å². The third-order valence-electron chi connectivity index (χ3n) is 5.96. The van der Waals surface area contributed by atoms with Gasteiger partial charge in [0.15, 0.2) is 17.1 Å². The number of ether oxygens (including phenoxy) is 4. The van der Waals surface area contributed by atoms with Gasteiger partial charge in [0, 0.05) is 34.4 Å². The van der Waals surface area contributed by atoms with Gasteiger partial charge in [-0.3, -0.25) is 0 Å². The molecule has 9 nitrogen and oxygen atoms in total. The molecule has 2 aliphatic heterocycles. The predicted molar refractivity (Wildman–Crippen MR) is 129 cm³/mol. The summed E-state index contributed by atoms with van der Waals surface area (Å²) < 4.78 is 23.0. The van der Waals surface area contributed by atoms with E-state index in [1.54, 1.807) is 24.3 Å². The summed E-state index contributed by atoms with van der Waals surface area (Å²) in [5.74, 6) is -4.07. The Labute approximate surface area is 210 Å². The van der Waals surface area contributed by atoms with Crippen LogP contribution in [0.15, 0.2) is 72.8 Å². The zero-order chi connectivity index (χ0) is 26.6. The number of esters is 3. The number of rotatable bonds is 4. The highest BCUT2D eigenvalue weighted by Gasteiger charge is 2.56. The smallest absolute Gasteiger partial charge is 0.340 e. The van der Waals surface area contributed by atoms with Crippen molar-refractivity contribution < 1.29 is 43.5 Å². The maximum absolute atomic E-state index is 13.1. The summed E-state index contributed by atoms with van der Waals surface area (Å²) in [5.41, 5.74) is -0.833. The number of benzene rings is 3. The number of fused-ring (bicyclic) bond motifs is 6. The topological polar surface area (TPSA) is 129 Å². The van der Waals surface area contributed by atoms with Gasteiger partial charge in [-0.25, -0.2) is 14.4 Å². The first-order valence-electron chi connectivity index (χ1n) is 11.0. The van der Waals surface area contributed by atoms with Crippen molar-refractivity contribution in [3.8, 4) is 34.5 Å². The van der Waals surface area contributed by atoms with Crippen molar-refractivity contribution in [3.05, 3.63) is 95.1 Å². The number of hydrogen-bond acceptors (Lipinski definition) is 9. The summed E-state index contributed by atoms with van der Waals surface area (Å²) >= 11 is 0. The SMILES string of the molecule is C=C(C)C(=O)Oc1c(O)cc2c(c1OC(=O)C(=C)C)C1(OC(=O)c3ccccc31)c1ccc(O)cc1O2. The highest BCUT2D eigenvalue weighted by molar-refractivity contribution is 5.98. The van der Waals surface area contributed by atoms with E-state index in [9.17, 15) is 24.6 Å². The molecular formula is C28H20O9. The maximum Gasteiger partial charge on any atom is 0.340 e. The van der Waals surface area contributed by atoms with Crippen molar-refractivity contribution in [2.45, 2.75) is 19.4 Å². The molecule has 1 spiro atoms. The van der Waals surface area contributed by atoms with Crippen LogP contribution in [0.3, 0.4) is 0 Å². The van der Waals surface area contributed by atoms with Gasteiger partial charge in [-0.2, -0.15) is 0 Å². The normalized spacial score (nSPS) is 16.5. The van der Waals surface area contributed by atoms with E-state index in [1.807, 2.05) is 0 Å². The first-order chi connectivity index (χ1) is 17.5. The van der Waals surface area contributed by atoms with Crippen LogP contribution in [0.25, 0.3) is 0 Å². The zero-order valence-corrected chi connectivity index (χ0v) is 19.8. The molecule has 0 amide bonds. The Morgan fingerprint density at radius 2 is 1.51 bits per heavy atom. The fourth-order valence-corrected chi connectivity index (χ4v) is 4.32. The van der Waals surface area contributed by atoms with Gasteiger partial charge in [-0.05, 0) is 32.0 Å². The molecule has 0 bridgehead atoms. The van der Waals surface area contributed by atoms with Gasteiger partial charge in [-0.15, -0.1) is 0 Å². The molecule has 9 heteroatoms. The molecule has 0 aromatic heterocycles. The second-order valence-corrected chi connectivity index (χ2v) is 8.67. The average Bonchev–Trinajstić information content (AvgIpc) is 3.13. The van der Waals surface area contributed by atoms with Crippen LogP contribution in [0.1, 0.15) is 40.9 Å². The molecule has 2 heterocycles. The number of hydrogen-bond donors (Lipinski definition) is 2. The van der Waals surface area contributed by atoms with Crippen LogP contribution in [0.2, 0.25) is 0 Å². The standard InChI is InChI=1S/C28H20O9/c1-13(2)25(31)35-23-19(30)12-21-22(24(23)36-26(32)14(3)4)28(18-10-9-15(29)11-20(18)34-21)17-8-6-5-7-16(17)27(33)37-28/h5-12,29-30H,1,3H2,2,4H3. The van der Waals surface area contributed by atoms with E-state index >= 15 is 0 Å². The lowest BCUT2D eigenvalue weighted by Crippen LogP contribution is -2.34. The van der Waals surface area contributed by atoms with Gasteiger partial charge < -0.3 is 29.2 Å². The summed E-state index contributed by atoms with van der Waals surface area (Å²) in [4.78, 5) is 38.3. The summed E-state index contributed by atoms with van der Waals surface area (Å²) in [6.45, 7) is 9.94. The molecule has 0 saturated heterocycles. The molecule has 3 aromatic rings. The Bertz CT molecular complexity index is 1570. The summed E-state index contributed by atoms with van der Waals surface area (Å²) in [5, 5.41) is 21.0. The van der Waals surface area contributed by atoms with E-state index in [-0.39, 0.29) is 39.5 Å². The molecule has 37 heavy (non-hydrogen) atoms. The van der Waals surface area contributed by atoms with Crippen molar-refractivity contribution in [2.75, 3.05) is 0 Å². The minimum absolute atomic E-state index is 0.00851. The molecule has 1 atom stereocenters. The van der Waals surface area contributed by atoms with Gasteiger partial charge in [0.05, 0.1) is 11.1 Å². The van der Waals surface area contributed by atoms with Gasteiger partial charge in [-0.1, -0.05) is 31.4 Å². The second-order valence-electron chi connectivity index (χ2n) is 8.67. The van der Waals surface area contributed by atoms with Crippen molar-refractivity contribution in [2.24, 2.45) is 0 Å². The first kappa shape index (κ1) is 23.7. The molecule has 0 saturated carbocycles. The Morgan fingerprint density at radius 1 is 0.865 bits per heavy atom. The lowest BCUT2D eigenvalue weighted by atomic mass is 9.77. The molecule has 2 N–H and O–H groups in total. The molecule has 0 aliphatic carbocycles. The van der Waals surface area contributed by atoms with Crippen LogP contribution >= 0.6 is 0 Å². The minimum atomic E-state index is -1.76. The Morgan fingerprint density at radius 3 is 2.19 bits per heavy atom. The second kappa shape index (κ2) is 8.27. The van der Waals surface area contributed by atoms with Crippen LogP contribution in [-0.2, 0) is 19.9 Å². The predicted octanol–water partition coefficient (Wildman–Crippen LogP) is 4.63. The maximum atomic E-state index is 13.1. The Hall–Kier alpha value is -5.05. The molecule has 1 unspecified atom stereocenters. The number of aromatic hydroxyl groups is 2. The van der Waals surface area contributed by atoms with E-state index in [2.05, 4.69) is 13.2 Å². The van der Waals surface area contributed by atoms with E-state index in [4.69, 9.17) is 18.9 Å². The number of carbonyl (C=O) groups excluding carboxylic acids is 3. The third kappa shape index (κ3) is 3.51. The van der Waals surface area contributed by atoms with Crippen molar-refractivity contribution >= 4 is 17.9 Å². The van der Waals surface area contributed by atoms with Crippen molar-refractivity contribution in [1.82, 2.24) is 0 Å². The fourth-order valence-electron chi connectivity index (χ4n) is 4.32. The van der Waals surface area contributed by atoms with Gasteiger partial charge in [0.1, 0.15) is 17.2 Å². The van der Waals surface area contributed by atoms with E-state index in [0.717, 1.165) is 6.07 Å². The fraction of sp³-hybridized carbons (Fsp3) is 0.107. The summed E-state index contributed by atoms with van der Waals surface area (Å²) in [6, 6.07) is 11.9. The number of phenolic OH excluding ortho intramolecular Hbond substituents is 2. The van der Waals surface area contributed by atoms with Crippen LogP contribution in [0.4, 0.5) is 0 Å². The minimum Gasteiger partial charge on any atom is -0.508 e. The molecule has 0 radical (unpaired) electrons. The van der Waals surface area contributed by atoms with Crippen LogP contribution < -0.4 is 14.2 Å². The van der Waals surface area contributed by atoms with Gasteiger partial charge in [0.25, 0.3) is 0 Å². The van der Waals surface area contributed by atoms with E-state index < -0.39 is 40.8 Å². The highest BCUT2D eigenvalue weighted by atomic mass is 16.6. The van der Waals surface area contributed by atoms with E-state index in [0.29, 0.717) is 11.1 Å². The first-order valence-corrected chi connectivity index (χ1v) is 11.0. The average molecular weight is 500 g/mol. The zero-order valence-electron chi connectivity index (χ0n) is 19.8. The molecular weight excluding hydrogens is 480 g/mol. The van der Waals surface area contributed by atoms with E-state index in [1.165, 1.54) is 32.0 Å². The van der Waals surface area contributed by atoms with Crippen LogP contribution in [0.5, 0.6) is 34.5 Å². The number of phenols is 2. The van der Waals surface area contributed by atoms with Crippen molar-refractivity contribution in [3.63, 3.8) is 0 Å². The monoisotopic (exact) mass is 500 g/mol. The van der Waals surface area contributed by atoms with Crippen LogP contribution in [-0.4, -0.2) is 28.1 Å². The third-order valence-corrected chi connectivity index (χ3v) is 5.96. The number of carbonyl (C=O) groups is 3. The van der Waals surface area contributed by atoms with Gasteiger partial charge >= 0.3 is 17.9 Å². The highest BCUT2D eigenvalue weighted by Crippen LogP contribution is 2.62. The lowest BCUT2D eigenvalue weighted by Gasteiger charge is -2.37. The molecule has 0 fully saturated rings. The lowest BCUT2D eigenvalue weighted by molar-refractivity contribution is -0.133. The summed E-state index contributed by atoms with van der Waals surface area (Å²) in [6.07, 6.45) is 0. The summed E-state index contributed by atoms with van der Waals surface area (Å²) in [7, 11) is 0. The molecule has 2 aliphatic rings. The Balaban J connectivity index is 1.91. The molecule has 186 valence electrons. The van der Waals surface area contributed by atoms with Gasteiger partial charge in [0.2, 0.25) is 5.75 Å².